The van der Waals surface area contributed by atoms with Gasteiger partial charge in [-0.05, 0) is 74.9 Å². The van der Waals surface area contributed by atoms with E-state index in [-0.39, 0.29) is 16.8 Å². The molecule has 0 heterocycles. The number of hydrogen-bond donors (Lipinski definition) is 0. The lowest BCUT2D eigenvalue weighted by molar-refractivity contribution is 0.0601. The highest BCUT2D eigenvalue weighted by Crippen LogP contribution is 2.46. The molecule has 0 spiro atoms. The summed E-state index contributed by atoms with van der Waals surface area (Å²) in [5, 5.41) is 2.17. The van der Waals surface area contributed by atoms with E-state index in [9.17, 15) is 4.79 Å². The maximum atomic E-state index is 11.8. The van der Waals surface area contributed by atoms with Crippen LogP contribution in [0.4, 0.5) is 0 Å². The lowest BCUT2D eigenvalue weighted by Gasteiger charge is -2.42. The van der Waals surface area contributed by atoms with Crippen LogP contribution in [0.1, 0.15) is 62.0 Å². The van der Waals surface area contributed by atoms with Gasteiger partial charge in [-0.2, -0.15) is 0 Å². The van der Waals surface area contributed by atoms with Crippen LogP contribution in [0.5, 0.6) is 0 Å². The molecule has 144 valence electrons. The van der Waals surface area contributed by atoms with Gasteiger partial charge < -0.3 is 4.74 Å². The molecule has 0 aromatic heterocycles. The van der Waals surface area contributed by atoms with Crippen LogP contribution in [0.3, 0.4) is 0 Å². The van der Waals surface area contributed by atoms with Gasteiger partial charge in [0.1, 0.15) is 0 Å². The summed E-state index contributed by atoms with van der Waals surface area (Å²) in [6.45, 7) is 9.44. The number of carbonyl (C=O) groups is 1. The fourth-order valence-electron chi connectivity index (χ4n) is 4.44. The molecule has 28 heavy (non-hydrogen) atoms. The fourth-order valence-corrected chi connectivity index (χ4v) is 4.44. The fraction of sp³-hybridized carbons (Fsp3) is 0.346. The molecule has 0 atom stereocenters. The van der Waals surface area contributed by atoms with Crippen molar-refractivity contribution in [2.45, 2.75) is 51.4 Å². The average Bonchev–Trinajstić information content (AvgIpc) is 2.70. The molecule has 1 aliphatic rings. The number of ether oxygens (including phenoxy) is 1. The Balaban J connectivity index is 1.79. The third-order valence-corrected chi connectivity index (χ3v) is 6.45. The second kappa shape index (κ2) is 6.48. The molecule has 0 saturated heterocycles. The number of hydrogen-bond acceptors (Lipinski definition) is 2. The van der Waals surface area contributed by atoms with Gasteiger partial charge in [0, 0.05) is 0 Å². The molecule has 3 aromatic rings. The van der Waals surface area contributed by atoms with Crippen LogP contribution in [0.25, 0.3) is 21.9 Å². The van der Waals surface area contributed by atoms with Gasteiger partial charge in [0.15, 0.2) is 0 Å². The Morgan fingerprint density at radius 1 is 0.750 bits per heavy atom. The predicted molar refractivity (Wildman–Crippen MR) is 116 cm³/mol. The van der Waals surface area contributed by atoms with Crippen molar-refractivity contribution in [2.24, 2.45) is 0 Å². The monoisotopic (exact) mass is 372 g/mol. The van der Waals surface area contributed by atoms with Crippen molar-refractivity contribution in [1.82, 2.24) is 0 Å². The van der Waals surface area contributed by atoms with E-state index in [1.807, 2.05) is 18.2 Å². The summed E-state index contributed by atoms with van der Waals surface area (Å²) in [7, 11) is 1.41. The van der Waals surface area contributed by atoms with E-state index in [1.54, 1.807) is 0 Å². The quantitative estimate of drug-likeness (QED) is 0.471. The number of methoxy groups -OCH3 is 1. The molecule has 4 rings (SSSR count). The summed E-state index contributed by atoms with van der Waals surface area (Å²) in [6, 6.07) is 19.1. The van der Waals surface area contributed by atoms with Crippen molar-refractivity contribution in [3.8, 4) is 11.1 Å². The molecular weight excluding hydrogens is 344 g/mol. The number of fused-ring (bicyclic) bond motifs is 2. The Bertz CT molecular complexity index is 1070. The van der Waals surface area contributed by atoms with Crippen molar-refractivity contribution in [3.63, 3.8) is 0 Å². The SMILES string of the molecule is COC(=O)c1ccc2cc(-c3ccc4c(c3)C(C)(C)CCC4(C)C)ccc2c1. The molecule has 0 fully saturated rings. The summed E-state index contributed by atoms with van der Waals surface area (Å²) in [4.78, 5) is 11.8. The van der Waals surface area contributed by atoms with Crippen LogP contribution in [-0.4, -0.2) is 13.1 Å². The van der Waals surface area contributed by atoms with Gasteiger partial charge in [-0.1, -0.05) is 64.1 Å². The van der Waals surface area contributed by atoms with Crippen molar-refractivity contribution < 1.29 is 9.53 Å². The number of benzene rings is 3. The summed E-state index contributed by atoms with van der Waals surface area (Å²) in [5.74, 6) is -0.300. The maximum Gasteiger partial charge on any atom is 0.337 e. The zero-order valence-electron chi connectivity index (χ0n) is 17.4. The Morgan fingerprint density at radius 3 is 2.04 bits per heavy atom. The van der Waals surface area contributed by atoms with Crippen molar-refractivity contribution in [2.75, 3.05) is 7.11 Å². The third-order valence-electron chi connectivity index (χ3n) is 6.45. The topological polar surface area (TPSA) is 26.3 Å². The van der Waals surface area contributed by atoms with E-state index < -0.39 is 0 Å². The lowest BCUT2D eigenvalue weighted by Crippen LogP contribution is -2.33. The Morgan fingerprint density at radius 2 is 1.32 bits per heavy atom. The second-order valence-corrected chi connectivity index (χ2v) is 9.30. The van der Waals surface area contributed by atoms with Gasteiger partial charge in [0.2, 0.25) is 0 Å². The molecule has 0 unspecified atom stereocenters. The molecule has 3 aromatic carbocycles. The van der Waals surface area contributed by atoms with E-state index >= 15 is 0 Å². The molecule has 2 heteroatoms. The van der Waals surface area contributed by atoms with Crippen LogP contribution in [0, 0.1) is 0 Å². The molecule has 0 amide bonds. The maximum absolute atomic E-state index is 11.8. The summed E-state index contributed by atoms with van der Waals surface area (Å²) < 4.78 is 4.83. The van der Waals surface area contributed by atoms with Crippen molar-refractivity contribution >= 4 is 16.7 Å². The molecule has 0 aliphatic heterocycles. The predicted octanol–water partition coefficient (Wildman–Crippen LogP) is 6.64. The van der Waals surface area contributed by atoms with Crippen LogP contribution >= 0.6 is 0 Å². The number of esters is 1. The summed E-state index contributed by atoms with van der Waals surface area (Å²) >= 11 is 0. The number of rotatable bonds is 2. The first-order valence-corrected chi connectivity index (χ1v) is 9.99. The highest BCUT2D eigenvalue weighted by atomic mass is 16.5. The Labute approximate surface area is 167 Å². The van der Waals surface area contributed by atoms with E-state index in [4.69, 9.17) is 4.74 Å². The first-order valence-electron chi connectivity index (χ1n) is 9.99. The molecule has 2 nitrogen and oxygen atoms in total. The molecule has 0 N–H and O–H groups in total. The van der Waals surface area contributed by atoms with Gasteiger partial charge >= 0.3 is 5.97 Å². The van der Waals surface area contributed by atoms with E-state index in [1.165, 1.54) is 42.2 Å². The van der Waals surface area contributed by atoms with Gasteiger partial charge in [0.05, 0.1) is 12.7 Å². The standard InChI is InChI=1S/C26H28O2/c1-25(2)12-13-26(3,4)23-16-20(10-11-22(23)25)18-6-7-19-15-21(24(27)28-5)9-8-17(19)14-18/h6-11,14-16H,12-13H2,1-5H3. The van der Waals surface area contributed by atoms with Gasteiger partial charge in [-0.25, -0.2) is 4.79 Å². The highest BCUT2D eigenvalue weighted by Gasteiger charge is 2.36. The summed E-state index contributed by atoms with van der Waals surface area (Å²) in [6.07, 6.45) is 2.44. The van der Waals surface area contributed by atoms with Crippen LogP contribution in [-0.2, 0) is 15.6 Å². The minimum atomic E-state index is -0.300. The highest BCUT2D eigenvalue weighted by molar-refractivity contribution is 5.96. The lowest BCUT2D eigenvalue weighted by atomic mass is 9.63. The molecule has 0 saturated carbocycles. The second-order valence-electron chi connectivity index (χ2n) is 9.30. The zero-order valence-corrected chi connectivity index (χ0v) is 17.4. The van der Waals surface area contributed by atoms with Crippen LogP contribution < -0.4 is 0 Å². The molecule has 0 bridgehead atoms. The van der Waals surface area contributed by atoms with Crippen LogP contribution in [0.15, 0.2) is 54.6 Å². The molecule has 0 radical (unpaired) electrons. The Hall–Kier alpha value is -2.61. The minimum Gasteiger partial charge on any atom is -0.465 e. The normalized spacial score (nSPS) is 17.2. The van der Waals surface area contributed by atoms with Gasteiger partial charge in [0.25, 0.3) is 0 Å². The molecular formula is C26H28O2. The smallest absolute Gasteiger partial charge is 0.337 e. The van der Waals surface area contributed by atoms with E-state index in [0.29, 0.717) is 5.56 Å². The first kappa shape index (κ1) is 18.7. The van der Waals surface area contributed by atoms with Crippen LogP contribution in [0.2, 0.25) is 0 Å². The van der Waals surface area contributed by atoms with Gasteiger partial charge in [-0.15, -0.1) is 0 Å². The minimum absolute atomic E-state index is 0.202. The Kier molecular flexibility index (Phi) is 4.33. The van der Waals surface area contributed by atoms with Gasteiger partial charge in [-0.3, -0.25) is 0 Å². The average molecular weight is 373 g/mol. The first-order chi connectivity index (χ1) is 13.2. The van der Waals surface area contributed by atoms with E-state index in [2.05, 4.69) is 64.1 Å². The van der Waals surface area contributed by atoms with E-state index in [0.717, 1.165) is 10.8 Å². The third kappa shape index (κ3) is 3.11. The van der Waals surface area contributed by atoms with Crippen molar-refractivity contribution in [3.05, 3.63) is 71.3 Å². The summed E-state index contributed by atoms with van der Waals surface area (Å²) in [5.41, 5.74) is 6.44. The largest absolute Gasteiger partial charge is 0.465 e. The number of carbonyl (C=O) groups excluding carboxylic acids is 1. The molecule has 1 aliphatic carbocycles. The van der Waals surface area contributed by atoms with Crippen molar-refractivity contribution in [1.29, 1.82) is 0 Å². The zero-order chi connectivity index (χ0) is 20.1.